The molecular weight excluding hydrogens is 691 g/mol. The summed E-state index contributed by atoms with van der Waals surface area (Å²) in [7, 11) is 14.3. The molecule has 13 heteroatoms. The van der Waals surface area contributed by atoms with Crippen LogP contribution < -0.4 is 28.2 Å². The van der Waals surface area contributed by atoms with Crippen molar-refractivity contribution in [3.05, 3.63) is 97.1 Å². The van der Waals surface area contributed by atoms with Crippen molar-refractivity contribution >= 4 is 46.4 Å². The average Bonchev–Trinajstić information content (AvgIpc) is 3.92. The first kappa shape index (κ1) is 33.1. The summed E-state index contributed by atoms with van der Waals surface area (Å²) in [6, 6.07) is 8.36. The maximum atomic E-state index is 5.37. The second-order valence-corrected chi connectivity index (χ2v) is 13.6. The average molecular weight is 730 g/mol. The topological polar surface area (TPSA) is 100 Å². The van der Waals surface area contributed by atoms with E-state index in [0.29, 0.717) is 0 Å². The Hall–Kier alpha value is -6.04. The van der Waals surface area contributed by atoms with Crippen LogP contribution >= 0.6 is 0 Å². The van der Waals surface area contributed by atoms with E-state index in [4.69, 9.17) is 19.9 Å². The molecule has 2 aliphatic heterocycles. The van der Waals surface area contributed by atoms with E-state index in [1.807, 2.05) is 39.1 Å². The summed E-state index contributed by atoms with van der Waals surface area (Å²) in [5.74, 6) is 0. The van der Waals surface area contributed by atoms with Crippen molar-refractivity contribution < 1.29 is 35.3 Å². The molecule has 8 bridgehead atoms. The fraction of sp³-hybridized carbons (Fsp3) is 0.179. The molecule has 0 fully saturated rings. The molecule has 256 valence electrons. The van der Waals surface area contributed by atoms with Gasteiger partial charge in [0.1, 0.15) is 24.8 Å². The van der Waals surface area contributed by atoms with Gasteiger partial charge in [-0.05, 0) is 24.3 Å². The molecule has 2 aliphatic rings. The van der Waals surface area contributed by atoms with Gasteiger partial charge in [-0.25, -0.2) is 46.9 Å². The zero-order valence-electron chi connectivity index (χ0n) is 30.0. The van der Waals surface area contributed by atoms with Gasteiger partial charge in [0.25, 0.3) is 0 Å². The quantitative estimate of drug-likeness (QED) is 0.222. The minimum absolute atomic E-state index is 0. The first-order valence-electron chi connectivity index (χ1n) is 16.8. The Morgan fingerprint density at radius 3 is 1.15 bits per heavy atom. The van der Waals surface area contributed by atoms with Gasteiger partial charge >= 0.3 is 17.1 Å². The van der Waals surface area contributed by atoms with Crippen molar-refractivity contribution in [1.82, 2.24) is 38.6 Å². The number of imidazole rings is 4. The number of aromatic nitrogens is 12. The molecule has 0 spiro atoms. The summed E-state index contributed by atoms with van der Waals surface area (Å²) >= 11 is 0. The van der Waals surface area contributed by atoms with Gasteiger partial charge in [-0.3, -0.25) is 0 Å². The molecule has 7 aromatic heterocycles. The number of hydrogen-bond donors (Lipinski definition) is 1. The van der Waals surface area contributed by atoms with E-state index >= 15 is 0 Å². The molecule has 0 atom stereocenters. The Morgan fingerprint density at radius 1 is 0.500 bits per heavy atom. The van der Waals surface area contributed by atoms with Crippen LogP contribution in [0.25, 0.3) is 91.4 Å². The first-order valence-corrected chi connectivity index (χ1v) is 16.8. The molecule has 0 saturated heterocycles. The van der Waals surface area contributed by atoms with Crippen molar-refractivity contribution in [3.63, 3.8) is 0 Å². The van der Waals surface area contributed by atoms with Crippen molar-refractivity contribution in [2.24, 2.45) is 49.3 Å². The molecular formula is C39H38MnN12+5. The van der Waals surface area contributed by atoms with E-state index < -0.39 is 0 Å². The molecule has 52 heavy (non-hydrogen) atoms. The number of nitrogens with zero attached hydrogens (tertiary/aromatic N) is 11. The fourth-order valence-corrected chi connectivity index (χ4v) is 7.42. The van der Waals surface area contributed by atoms with Gasteiger partial charge < -0.3 is 9.97 Å². The second kappa shape index (κ2) is 12.3. The predicted molar refractivity (Wildman–Crippen MR) is 195 cm³/mol. The monoisotopic (exact) mass is 729 g/mol. The summed E-state index contributed by atoms with van der Waals surface area (Å²) < 4.78 is 14.5. The normalized spacial score (nSPS) is 12.2. The van der Waals surface area contributed by atoms with E-state index in [0.717, 1.165) is 89.9 Å². The van der Waals surface area contributed by atoms with Gasteiger partial charge in [0.2, 0.25) is 25.3 Å². The third-order valence-corrected chi connectivity index (χ3v) is 9.59. The van der Waals surface area contributed by atoms with Crippen LogP contribution in [-0.2, 0) is 66.4 Å². The minimum Gasteiger partial charge on any atom is -0.657 e. The molecule has 0 aliphatic carbocycles. The number of nitrogens with one attached hydrogen (secondary N) is 1. The Kier molecular flexibility index (Phi) is 7.85. The third kappa shape index (κ3) is 5.37. The zero-order chi connectivity index (χ0) is 35.1. The number of hydrogen-bond acceptors (Lipinski definition) is 2. The maximum absolute atomic E-state index is 5.37. The van der Waals surface area contributed by atoms with E-state index in [9.17, 15) is 0 Å². The van der Waals surface area contributed by atoms with E-state index in [2.05, 4.69) is 146 Å². The number of aryl methyl sites for hydroxylation is 7. The maximum Gasteiger partial charge on any atom is 3.00 e. The molecule has 0 unspecified atom stereocenters. The number of aromatic amines is 1. The summed E-state index contributed by atoms with van der Waals surface area (Å²) in [5.41, 5.74) is 14.3. The summed E-state index contributed by atoms with van der Waals surface area (Å²) in [5, 5.41) is 0. The summed E-state index contributed by atoms with van der Waals surface area (Å²) in [6.07, 6.45) is 24.9. The third-order valence-electron chi connectivity index (χ3n) is 9.59. The molecule has 0 radical (unpaired) electrons. The predicted octanol–water partition coefficient (Wildman–Crippen LogP) is 3.22. The van der Waals surface area contributed by atoms with Crippen molar-refractivity contribution in [2.45, 2.75) is 0 Å². The molecule has 0 amide bonds. The van der Waals surface area contributed by atoms with Gasteiger partial charge in [-0.2, -0.15) is 0 Å². The zero-order valence-corrected chi connectivity index (χ0v) is 31.2. The largest absolute Gasteiger partial charge is 3.00 e. The van der Waals surface area contributed by atoms with Crippen molar-refractivity contribution in [3.8, 4) is 45.0 Å². The van der Waals surface area contributed by atoms with E-state index in [1.165, 1.54) is 0 Å². The molecule has 12 nitrogen and oxygen atoms in total. The molecule has 0 saturated carbocycles. The van der Waals surface area contributed by atoms with Gasteiger partial charge in [0.05, 0.1) is 72.1 Å². The van der Waals surface area contributed by atoms with Crippen LogP contribution in [0.1, 0.15) is 22.8 Å². The SMILES string of the molecule is Cn1c[n+](C)cc1-c1c2nc(c(-c3c[n+](C)cn3C)c3ccc([n-]3)c(-c3c[n+](C)cn3C)c3nc(c(-c4c[n+](C)c[nH]4)c4ccc1[n-]4)C=C3)C=C2.[Mn+3]. The van der Waals surface area contributed by atoms with Crippen molar-refractivity contribution in [2.75, 3.05) is 0 Å². The molecule has 9 rings (SSSR count). The number of H-pyrrole nitrogens is 1. The van der Waals surface area contributed by atoms with Crippen LogP contribution in [0.3, 0.4) is 0 Å². The Bertz CT molecular complexity index is 2750. The Balaban J connectivity index is 0.00000387. The smallest absolute Gasteiger partial charge is 0.657 e. The molecule has 7 aromatic rings. The van der Waals surface area contributed by atoms with Gasteiger partial charge in [-0.1, -0.05) is 24.3 Å². The van der Waals surface area contributed by atoms with Crippen LogP contribution in [-0.4, -0.2) is 28.7 Å². The van der Waals surface area contributed by atoms with Gasteiger partial charge in [-0.15, -0.1) is 22.1 Å². The second-order valence-electron chi connectivity index (χ2n) is 13.6. The minimum atomic E-state index is 0. The van der Waals surface area contributed by atoms with Crippen LogP contribution in [0.5, 0.6) is 0 Å². The summed E-state index contributed by atoms with van der Waals surface area (Å²) in [4.78, 5) is 24.9. The van der Waals surface area contributed by atoms with Gasteiger partial charge in [0, 0.05) is 22.3 Å². The van der Waals surface area contributed by atoms with E-state index in [1.54, 1.807) is 0 Å². The fourth-order valence-electron chi connectivity index (χ4n) is 7.42. The van der Waals surface area contributed by atoms with E-state index in [-0.39, 0.29) is 17.1 Å². The standard InChI is InChI=1S/C39H37N12.Mn/c1-45-16-32(40-20-45)36-24-8-10-26(41-24)37(33-17-46(2)21-49(33)5)28-12-14-30(43-28)39(35-19-48(4)23-51(35)7)31-15-13-29(44-31)38(27-11-9-25(36)42-27)34-18-47(3)22-50(34)6;/h8-23H,1-7H3;/q+1;+3/p+1. The van der Waals surface area contributed by atoms with Crippen LogP contribution in [0.15, 0.2) is 74.4 Å². The molecule has 9 heterocycles. The van der Waals surface area contributed by atoms with Crippen LogP contribution in [0.2, 0.25) is 0 Å². The Labute approximate surface area is 310 Å². The van der Waals surface area contributed by atoms with Crippen molar-refractivity contribution in [1.29, 1.82) is 0 Å². The van der Waals surface area contributed by atoms with Crippen LogP contribution in [0, 0.1) is 0 Å². The molecule has 0 aromatic carbocycles. The number of rotatable bonds is 4. The molecule has 1 N–H and O–H groups in total. The van der Waals surface area contributed by atoms with Gasteiger partial charge in [0.15, 0.2) is 22.8 Å². The first-order chi connectivity index (χ1) is 24.6. The Morgan fingerprint density at radius 2 is 0.846 bits per heavy atom. The number of fused-ring (bicyclic) bond motifs is 8. The summed E-state index contributed by atoms with van der Waals surface area (Å²) in [6.45, 7) is 0. The van der Waals surface area contributed by atoms with Crippen LogP contribution in [0.4, 0.5) is 0 Å².